The molecule has 1 aromatic carbocycles. The Morgan fingerprint density at radius 3 is 2.75 bits per heavy atom. The van der Waals surface area contributed by atoms with Crippen LogP contribution < -0.4 is 0 Å². The SMILES string of the molecule is O=C(c1ccc(Br)c(F)c1)N1CCCC2CCCCC21. The van der Waals surface area contributed by atoms with Crippen molar-refractivity contribution in [1.29, 1.82) is 0 Å². The van der Waals surface area contributed by atoms with E-state index in [1.54, 1.807) is 12.1 Å². The van der Waals surface area contributed by atoms with E-state index in [0.717, 1.165) is 19.4 Å². The minimum atomic E-state index is -0.368. The number of nitrogens with zero attached hydrogens (tertiary/aromatic N) is 1. The van der Waals surface area contributed by atoms with Crippen LogP contribution in [0.4, 0.5) is 4.39 Å². The highest BCUT2D eigenvalue weighted by atomic mass is 79.9. The van der Waals surface area contributed by atoms with Crippen LogP contribution in [0.15, 0.2) is 22.7 Å². The number of benzene rings is 1. The third-order valence-electron chi connectivity index (χ3n) is 4.67. The number of halogens is 2. The molecule has 2 aliphatic rings. The van der Waals surface area contributed by atoms with Crippen molar-refractivity contribution in [2.75, 3.05) is 6.54 Å². The van der Waals surface area contributed by atoms with Gasteiger partial charge in [0.2, 0.25) is 0 Å². The molecule has 1 aliphatic heterocycles. The van der Waals surface area contributed by atoms with Crippen molar-refractivity contribution < 1.29 is 9.18 Å². The first kappa shape index (κ1) is 14.1. The first-order chi connectivity index (χ1) is 9.66. The molecule has 0 radical (unpaired) electrons. The molecular formula is C16H19BrFNO. The van der Waals surface area contributed by atoms with Gasteiger partial charge in [-0.15, -0.1) is 0 Å². The Hall–Kier alpha value is -0.900. The van der Waals surface area contributed by atoms with Gasteiger partial charge in [-0.3, -0.25) is 4.79 Å². The summed E-state index contributed by atoms with van der Waals surface area (Å²) in [5, 5.41) is 0. The average Bonchev–Trinajstić information content (AvgIpc) is 2.49. The number of carbonyl (C=O) groups excluding carboxylic acids is 1. The predicted molar refractivity (Wildman–Crippen MR) is 80.1 cm³/mol. The third-order valence-corrected chi connectivity index (χ3v) is 5.31. The number of piperidine rings is 1. The summed E-state index contributed by atoms with van der Waals surface area (Å²) in [4.78, 5) is 14.7. The highest BCUT2D eigenvalue weighted by Crippen LogP contribution is 2.36. The van der Waals surface area contributed by atoms with E-state index in [-0.39, 0.29) is 11.7 Å². The second-order valence-corrected chi connectivity index (χ2v) is 6.74. The molecule has 1 heterocycles. The molecule has 1 saturated heterocycles. The Morgan fingerprint density at radius 2 is 1.95 bits per heavy atom. The van der Waals surface area contributed by atoms with Crippen molar-refractivity contribution in [3.63, 3.8) is 0 Å². The summed E-state index contributed by atoms with van der Waals surface area (Å²) in [7, 11) is 0. The zero-order valence-electron chi connectivity index (χ0n) is 11.4. The van der Waals surface area contributed by atoms with E-state index in [2.05, 4.69) is 15.9 Å². The van der Waals surface area contributed by atoms with E-state index in [4.69, 9.17) is 0 Å². The van der Waals surface area contributed by atoms with Crippen LogP contribution in [0.1, 0.15) is 48.9 Å². The van der Waals surface area contributed by atoms with Gasteiger partial charge in [-0.05, 0) is 65.7 Å². The molecule has 0 aromatic heterocycles. The highest BCUT2D eigenvalue weighted by molar-refractivity contribution is 9.10. The molecule has 4 heteroatoms. The van der Waals surface area contributed by atoms with Gasteiger partial charge < -0.3 is 4.90 Å². The molecule has 0 bridgehead atoms. The van der Waals surface area contributed by atoms with E-state index in [0.29, 0.717) is 22.0 Å². The summed E-state index contributed by atoms with van der Waals surface area (Å²) in [6.07, 6.45) is 7.16. The van der Waals surface area contributed by atoms with Crippen molar-refractivity contribution in [2.24, 2.45) is 5.92 Å². The third kappa shape index (κ3) is 2.62. The summed E-state index contributed by atoms with van der Waals surface area (Å²) in [6.45, 7) is 0.817. The zero-order valence-corrected chi connectivity index (χ0v) is 13.0. The molecule has 0 spiro atoms. The van der Waals surface area contributed by atoms with E-state index in [9.17, 15) is 9.18 Å². The van der Waals surface area contributed by atoms with Gasteiger partial charge in [-0.25, -0.2) is 4.39 Å². The zero-order chi connectivity index (χ0) is 14.1. The van der Waals surface area contributed by atoms with E-state index in [1.807, 2.05) is 4.90 Å². The Morgan fingerprint density at radius 1 is 1.20 bits per heavy atom. The van der Waals surface area contributed by atoms with Crippen LogP contribution in [0.3, 0.4) is 0 Å². The van der Waals surface area contributed by atoms with Crippen LogP contribution in [-0.2, 0) is 0 Å². The molecule has 1 amide bonds. The molecule has 108 valence electrons. The second kappa shape index (κ2) is 5.84. The maximum absolute atomic E-state index is 13.6. The average molecular weight is 340 g/mol. The summed E-state index contributed by atoms with van der Waals surface area (Å²) in [6, 6.07) is 5.04. The van der Waals surface area contributed by atoms with Gasteiger partial charge >= 0.3 is 0 Å². The number of amides is 1. The van der Waals surface area contributed by atoms with Gasteiger partial charge in [0, 0.05) is 18.2 Å². The van der Waals surface area contributed by atoms with Crippen molar-refractivity contribution in [3.8, 4) is 0 Å². The van der Waals surface area contributed by atoms with Crippen LogP contribution in [-0.4, -0.2) is 23.4 Å². The molecular weight excluding hydrogens is 321 g/mol. The van der Waals surface area contributed by atoms with Crippen LogP contribution in [0.2, 0.25) is 0 Å². The summed E-state index contributed by atoms with van der Waals surface area (Å²) in [5.41, 5.74) is 0.469. The molecule has 1 aromatic rings. The lowest BCUT2D eigenvalue weighted by Crippen LogP contribution is -2.49. The van der Waals surface area contributed by atoms with E-state index < -0.39 is 0 Å². The molecule has 1 saturated carbocycles. The standard InChI is InChI=1S/C16H19BrFNO/c17-13-8-7-12(10-14(13)18)16(20)19-9-3-5-11-4-1-2-6-15(11)19/h7-8,10-11,15H,1-6,9H2. The largest absolute Gasteiger partial charge is 0.335 e. The second-order valence-electron chi connectivity index (χ2n) is 5.88. The van der Waals surface area contributed by atoms with Gasteiger partial charge in [-0.1, -0.05) is 12.8 Å². The van der Waals surface area contributed by atoms with Gasteiger partial charge in [0.1, 0.15) is 5.82 Å². The summed E-state index contributed by atoms with van der Waals surface area (Å²) >= 11 is 3.13. The van der Waals surface area contributed by atoms with E-state index in [1.165, 1.54) is 31.7 Å². The van der Waals surface area contributed by atoms with Crippen molar-refractivity contribution in [2.45, 2.75) is 44.6 Å². The van der Waals surface area contributed by atoms with Crippen molar-refractivity contribution in [3.05, 3.63) is 34.1 Å². The highest BCUT2D eigenvalue weighted by Gasteiger charge is 2.36. The maximum atomic E-state index is 13.6. The molecule has 20 heavy (non-hydrogen) atoms. The van der Waals surface area contributed by atoms with Crippen molar-refractivity contribution in [1.82, 2.24) is 4.90 Å². The fraction of sp³-hybridized carbons (Fsp3) is 0.562. The Balaban J connectivity index is 1.83. The fourth-order valence-corrected chi connectivity index (χ4v) is 3.92. The lowest BCUT2D eigenvalue weighted by molar-refractivity contribution is 0.0390. The van der Waals surface area contributed by atoms with Crippen LogP contribution in [0.5, 0.6) is 0 Å². The number of hydrogen-bond acceptors (Lipinski definition) is 1. The molecule has 2 atom stereocenters. The quantitative estimate of drug-likeness (QED) is 0.743. The normalized spacial score (nSPS) is 26.2. The van der Waals surface area contributed by atoms with Crippen LogP contribution >= 0.6 is 15.9 Å². The van der Waals surface area contributed by atoms with Gasteiger partial charge in [-0.2, -0.15) is 0 Å². The monoisotopic (exact) mass is 339 g/mol. The van der Waals surface area contributed by atoms with Crippen LogP contribution in [0.25, 0.3) is 0 Å². The van der Waals surface area contributed by atoms with Gasteiger partial charge in [0.25, 0.3) is 5.91 Å². The lowest BCUT2D eigenvalue weighted by Gasteiger charge is -2.44. The number of fused-ring (bicyclic) bond motifs is 1. The van der Waals surface area contributed by atoms with Gasteiger partial charge in [0.15, 0.2) is 0 Å². The molecule has 1 aliphatic carbocycles. The number of likely N-dealkylation sites (tertiary alicyclic amines) is 1. The number of carbonyl (C=O) groups is 1. The summed E-state index contributed by atoms with van der Waals surface area (Å²) < 4.78 is 14.0. The first-order valence-electron chi connectivity index (χ1n) is 7.43. The molecule has 2 unspecified atom stereocenters. The smallest absolute Gasteiger partial charge is 0.254 e. The minimum absolute atomic E-state index is 0.00648. The Labute approximate surface area is 127 Å². The Bertz CT molecular complexity index is 517. The summed E-state index contributed by atoms with van der Waals surface area (Å²) in [5.74, 6) is 0.280. The predicted octanol–water partition coefficient (Wildman–Crippen LogP) is 4.38. The topological polar surface area (TPSA) is 20.3 Å². The maximum Gasteiger partial charge on any atom is 0.254 e. The minimum Gasteiger partial charge on any atom is -0.335 e. The van der Waals surface area contributed by atoms with Gasteiger partial charge in [0.05, 0.1) is 4.47 Å². The lowest BCUT2D eigenvalue weighted by atomic mass is 9.78. The first-order valence-corrected chi connectivity index (χ1v) is 8.22. The molecule has 0 N–H and O–H groups in total. The Kier molecular flexibility index (Phi) is 4.11. The molecule has 3 rings (SSSR count). The number of hydrogen-bond donors (Lipinski definition) is 0. The fourth-order valence-electron chi connectivity index (χ4n) is 3.67. The molecule has 2 fully saturated rings. The molecule has 2 nitrogen and oxygen atoms in total. The van der Waals surface area contributed by atoms with E-state index >= 15 is 0 Å². The van der Waals surface area contributed by atoms with Crippen LogP contribution in [0, 0.1) is 11.7 Å². The number of rotatable bonds is 1. The van der Waals surface area contributed by atoms with Crippen molar-refractivity contribution >= 4 is 21.8 Å².